The Morgan fingerprint density at radius 3 is 2.45 bits per heavy atom. The Morgan fingerprint density at radius 1 is 1.03 bits per heavy atom. The molecule has 4 unspecified atom stereocenters. The van der Waals surface area contributed by atoms with Gasteiger partial charge >= 0.3 is 5.97 Å². The maximum absolute atomic E-state index is 11.6. The van der Waals surface area contributed by atoms with Gasteiger partial charge in [0.1, 0.15) is 0 Å². The highest BCUT2D eigenvalue weighted by Crippen LogP contribution is 2.68. The molecule has 4 heteroatoms. The second kappa shape index (κ2) is 7.82. The highest BCUT2D eigenvalue weighted by molar-refractivity contribution is 5.69. The quantitative estimate of drug-likeness (QED) is 0.671. The smallest absolute Gasteiger partial charge is 0.305 e. The first kappa shape index (κ1) is 21.6. The van der Waals surface area contributed by atoms with E-state index in [1.807, 2.05) is 0 Å². The fourth-order valence-corrected chi connectivity index (χ4v) is 8.82. The fraction of sp³-hybridized carbons (Fsp3) is 0.960. The number of carbonyl (C=O) groups excluding carboxylic acids is 1. The van der Waals surface area contributed by atoms with Crippen molar-refractivity contribution in [2.75, 3.05) is 7.11 Å². The predicted octanol–water partition coefficient (Wildman–Crippen LogP) is 4.57. The largest absolute Gasteiger partial charge is 0.469 e. The number of aliphatic hydroxyl groups is 2. The van der Waals surface area contributed by atoms with Gasteiger partial charge in [0, 0.05) is 6.42 Å². The third-order valence-electron chi connectivity index (χ3n) is 10.4. The van der Waals surface area contributed by atoms with Gasteiger partial charge in [-0.1, -0.05) is 20.8 Å². The summed E-state index contributed by atoms with van der Waals surface area (Å²) in [5.74, 6) is 3.17. The number of carbonyl (C=O) groups is 1. The number of aliphatic hydroxyl groups excluding tert-OH is 2. The second-order valence-corrected chi connectivity index (χ2v) is 11.5. The molecule has 29 heavy (non-hydrogen) atoms. The molecule has 0 aromatic heterocycles. The molecule has 4 fully saturated rings. The van der Waals surface area contributed by atoms with Gasteiger partial charge in [0.05, 0.1) is 19.3 Å². The lowest BCUT2D eigenvalue weighted by Gasteiger charge is -2.62. The van der Waals surface area contributed by atoms with Crippen LogP contribution >= 0.6 is 0 Å². The van der Waals surface area contributed by atoms with E-state index in [2.05, 4.69) is 20.8 Å². The molecule has 4 rings (SSSR count). The zero-order valence-corrected chi connectivity index (χ0v) is 18.9. The maximum atomic E-state index is 11.6. The number of hydrogen-bond acceptors (Lipinski definition) is 4. The van der Waals surface area contributed by atoms with Crippen molar-refractivity contribution in [3.8, 4) is 0 Å². The molecule has 4 saturated carbocycles. The summed E-state index contributed by atoms with van der Waals surface area (Å²) in [5, 5.41) is 21.5. The zero-order chi connectivity index (χ0) is 21.0. The third kappa shape index (κ3) is 3.46. The Kier molecular flexibility index (Phi) is 5.83. The van der Waals surface area contributed by atoms with Crippen molar-refractivity contribution in [3.05, 3.63) is 0 Å². The third-order valence-corrected chi connectivity index (χ3v) is 10.4. The molecule has 0 aromatic carbocycles. The highest BCUT2D eigenvalue weighted by Gasteiger charge is 2.62. The van der Waals surface area contributed by atoms with Gasteiger partial charge < -0.3 is 14.9 Å². The molecule has 10 atom stereocenters. The number of methoxy groups -OCH3 is 1. The molecule has 0 radical (unpaired) electrons. The SMILES string of the molecule is COC(=O)CCC(C)[C@H]1CC[C@H]2[C@H]3C(CCC12C)C1(C)CC[C@@H](O)C[C@H]1C[C@@H]3O. The molecule has 2 N–H and O–H groups in total. The van der Waals surface area contributed by atoms with Gasteiger partial charge in [0.15, 0.2) is 0 Å². The first-order valence-corrected chi connectivity index (χ1v) is 12.1. The van der Waals surface area contributed by atoms with Crippen molar-refractivity contribution in [1.82, 2.24) is 0 Å². The minimum Gasteiger partial charge on any atom is -0.469 e. The van der Waals surface area contributed by atoms with Crippen molar-refractivity contribution in [1.29, 1.82) is 0 Å². The molecule has 0 bridgehead atoms. The van der Waals surface area contributed by atoms with Crippen LogP contribution in [0.15, 0.2) is 0 Å². The summed E-state index contributed by atoms with van der Waals surface area (Å²) in [4.78, 5) is 11.6. The topological polar surface area (TPSA) is 66.8 Å². The number of fused-ring (bicyclic) bond motifs is 5. The minimum atomic E-state index is -0.211. The van der Waals surface area contributed by atoms with E-state index in [-0.39, 0.29) is 23.6 Å². The van der Waals surface area contributed by atoms with Gasteiger partial charge in [-0.3, -0.25) is 4.79 Å². The summed E-state index contributed by atoms with van der Waals surface area (Å²) in [6.45, 7) is 7.29. The van der Waals surface area contributed by atoms with Gasteiger partial charge in [0.2, 0.25) is 0 Å². The van der Waals surface area contributed by atoms with Crippen LogP contribution in [-0.2, 0) is 9.53 Å². The van der Waals surface area contributed by atoms with E-state index in [0.29, 0.717) is 47.3 Å². The van der Waals surface area contributed by atoms with E-state index in [4.69, 9.17) is 4.74 Å². The van der Waals surface area contributed by atoms with Gasteiger partial charge in [-0.05, 0) is 104 Å². The minimum absolute atomic E-state index is 0.0959. The van der Waals surface area contributed by atoms with Crippen molar-refractivity contribution in [3.63, 3.8) is 0 Å². The lowest BCUT2D eigenvalue weighted by molar-refractivity contribution is -0.174. The van der Waals surface area contributed by atoms with Crippen LogP contribution in [0.5, 0.6) is 0 Å². The molecule has 4 aliphatic rings. The Bertz CT molecular complexity index is 620. The van der Waals surface area contributed by atoms with Crippen LogP contribution in [0.2, 0.25) is 0 Å². The van der Waals surface area contributed by atoms with Crippen molar-refractivity contribution in [2.45, 2.75) is 97.2 Å². The lowest BCUT2D eigenvalue weighted by Crippen LogP contribution is -2.58. The van der Waals surface area contributed by atoms with E-state index in [1.54, 1.807) is 0 Å². The number of esters is 1. The van der Waals surface area contributed by atoms with Crippen molar-refractivity contribution >= 4 is 5.97 Å². The van der Waals surface area contributed by atoms with Gasteiger partial charge in [-0.2, -0.15) is 0 Å². The molecule has 166 valence electrons. The summed E-state index contributed by atoms with van der Waals surface area (Å²) in [6, 6.07) is 0. The monoisotopic (exact) mass is 406 g/mol. The molecule has 4 aliphatic carbocycles. The standard InChI is InChI=1S/C25H42O4/c1-15(5-8-22(28)29-4)18-6-7-19-23-20(10-12-25(18,19)3)24(2)11-9-17(26)13-16(24)14-21(23)27/h15-21,23,26-27H,5-14H2,1-4H3/t15?,16-,17+,18+,19-,20?,21-,23-,24?,25?/m0/s1. The Balaban J connectivity index is 1.53. The normalized spacial score (nSPS) is 50.2. The average molecular weight is 407 g/mol. The molecule has 0 heterocycles. The van der Waals surface area contributed by atoms with Crippen LogP contribution in [0.3, 0.4) is 0 Å². The van der Waals surface area contributed by atoms with E-state index in [1.165, 1.54) is 32.8 Å². The molecular weight excluding hydrogens is 364 g/mol. The van der Waals surface area contributed by atoms with Crippen molar-refractivity contribution < 1.29 is 19.7 Å². The molecule has 4 nitrogen and oxygen atoms in total. The van der Waals surface area contributed by atoms with E-state index >= 15 is 0 Å². The van der Waals surface area contributed by atoms with Crippen LogP contribution in [0.1, 0.15) is 85.0 Å². The molecular formula is C25H42O4. The summed E-state index contributed by atoms with van der Waals surface area (Å²) in [7, 11) is 1.48. The van der Waals surface area contributed by atoms with Gasteiger partial charge in [0.25, 0.3) is 0 Å². The maximum Gasteiger partial charge on any atom is 0.305 e. The molecule has 0 saturated heterocycles. The molecule has 0 amide bonds. The summed E-state index contributed by atoms with van der Waals surface area (Å²) in [6.07, 6.45) is 9.80. The van der Waals surface area contributed by atoms with Crippen LogP contribution in [0.4, 0.5) is 0 Å². The average Bonchev–Trinajstić information content (AvgIpc) is 3.04. The van der Waals surface area contributed by atoms with E-state index < -0.39 is 0 Å². The molecule has 0 aliphatic heterocycles. The van der Waals surface area contributed by atoms with Gasteiger partial charge in [-0.15, -0.1) is 0 Å². The van der Waals surface area contributed by atoms with Crippen LogP contribution in [0, 0.1) is 46.3 Å². The van der Waals surface area contributed by atoms with E-state index in [0.717, 1.165) is 32.1 Å². The predicted molar refractivity (Wildman–Crippen MR) is 113 cm³/mol. The number of rotatable bonds is 4. The van der Waals surface area contributed by atoms with Crippen molar-refractivity contribution in [2.24, 2.45) is 46.3 Å². The second-order valence-electron chi connectivity index (χ2n) is 11.5. The van der Waals surface area contributed by atoms with E-state index in [9.17, 15) is 15.0 Å². The fourth-order valence-electron chi connectivity index (χ4n) is 8.82. The summed E-state index contributed by atoms with van der Waals surface area (Å²) >= 11 is 0. The lowest BCUT2D eigenvalue weighted by atomic mass is 9.43. The first-order valence-electron chi connectivity index (χ1n) is 12.1. The zero-order valence-electron chi connectivity index (χ0n) is 18.9. The number of hydrogen-bond donors (Lipinski definition) is 2. The van der Waals surface area contributed by atoms with Crippen LogP contribution in [-0.4, -0.2) is 35.5 Å². The van der Waals surface area contributed by atoms with Crippen LogP contribution < -0.4 is 0 Å². The Labute approximate surface area is 176 Å². The first-order chi connectivity index (χ1) is 13.7. The molecule has 0 spiro atoms. The Morgan fingerprint density at radius 2 is 1.72 bits per heavy atom. The summed E-state index contributed by atoms with van der Waals surface area (Å²) < 4.78 is 4.86. The Hall–Kier alpha value is -0.610. The summed E-state index contributed by atoms with van der Waals surface area (Å²) in [5.41, 5.74) is 0.577. The van der Waals surface area contributed by atoms with Gasteiger partial charge in [-0.25, -0.2) is 0 Å². The number of ether oxygens (including phenoxy) is 1. The van der Waals surface area contributed by atoms with Crippen LogP contribution in [0.25, 0.3) is 0 Å². The highest BCUT2D eigenvalue weighted by atomic mass is 16.5. The molecule has 0 aromatic rings.